The molecule has 1 heterocycles. The van der Waals surface area contributed by atoms with Gasteiger partial charge in [0.2, 0.25) is 0 Å². The van der Waals surface area contributed by atoms with Gasteiger partial charge in [-0.05, 0) is 31.8 Å². The van der Waals surface area contributed by atoms with Crippen LogP contribution in [0.3, 0.4) is 0 Å². The summed E-state index contributed by atoms with van der Waals surface area (Å²) < 4.78 is 5.04. The van der Waals surface area contributed by atoms with Gasteiger partial charge in [-0.15, -0.1) is 0 Å². The van der Waals surface area contributed by atoms with Crippen LogP contribution in [-0.2, 0) is 4.74 Å². The lowest BCUT2D eigenvalue weighted by Crippen LogP contribution is -2.39. The number of hydrogen-bond acceptors (Lipinski definition) is 3. The summed E-state index contributed by atoms with van der Waals surface area (Å²) >= 11 is 0. The zero-order valence-corrected chi connectivity index (χ0v) is 7.96. The third-order valence-corrected chi connectivity index (χ3v) is 2.55. The van der Waals surface area contributed by atoms with Crippen molar-refractivity contribution in [3.8, 4) is 0 Å². The molecule has 0 radical (unpaired) electrons. The minimum Gasteiger partial charge on any atom is -0.383 e. The van der Waals surface area contributed by atoms with Crippen LogP contribution in [0, 0.1) is 5.92 Å². The number of nitrogens with zero attached hydrogens (tertiary/aromatic N) is 1. The van der Waals surface area contributed by atoms with E-state index in [1.165, 1.54) is 25.9 Å². The maximum atomic E-state index is 5.64. The van der Waals surface area contributed by atoms with Crippen LogP contribution >= 0.6 is 0 Å². The van der Waals surface area contributed by atoms with Crippen LogP contribution in [0.25, 0.3) is 0 Å². The average Bonchev–Trinajstić information content (AvgIpc) is 2.15. The Hall–Kier alpha value is -0.120. The van der Waals surface area contributed by atoms with Gasteiger partial charge in [0.1, 0.15) is 0 Å². The fourth-order valence-electron chi connectivity index (χ4n) is 1.77. The Morgan fingerprint density at radius 2 is 2.42 bits per heavy atom. The van der Waals surface area contributed by atoms with Crippen molar-refractivity contribution in [1.29, 1.82) is 0 Å². The Morgan fingerprint density at radius 3 is 3.08 bits per heavy atom. The van der Waals surface area contributed by atoms with E-state index < -0.39 is 0 Å². The first-order valence-corrected chi connectivity index (χ1v) is 4.78. The Bertz CT molecular complexity index is 119. The van der Waals surface area contributed by atoms with E-state index in [1.807, 2.05) is 0 Å². The SMILES string of the molecule is COCCN1CCC[C@H](CN)C1. The predicted molar refractivity (Wildman–Crippen MR) is 50.1 cm³/mol. The molecule has 0 amide bonds. The molecule has 1 fully saturated rings. The molecular formula is C9H20N2O. The van der Waals surface area contributed by atoms with Gasteiger partial charge in [0.05, 0.1) is 6.61 Å². The zero-order chi connectivity index (χ0) is 8.81. The molecule has 12 heavy (non-hydrogen) atoms. The van der Waals surface area contributed by atoms with Gasteiger partial charge in [-0.25, -0.2) is 0 Å². The molecule has 0 unspecified atom stereocenters. The Kier molecular flexibility index (Phi) is 4.58. The molecule has 72 valence electrons. The lowest BCUT2D eigenvalue weighted by atomic mass is 9.98. The fraction of sp³-hybridized carbons (Fsp3) is 1.00. The van der Waals surface area contributed by atoms with Crippen molar-refractivity contribution in [2.45, 2.75) is 12.8 Å². The number of likely N-dealkylation sites (tertiary alicyclic amines) is 1. The van der Waals surface area contributed by atoms with Gasteiger partial charge >= 0.3 is 0 Å². The maximum Gasteiger partial charge on any atom is 0.0589 e. The van der Waals surface area contributed by atoms with Crippen molar-refractivity contribution in [1.82, 2.24) is 4.90 Å². The summed E-state index contributed by atoms with van der Waals surface area (Å²) in [4.78, 5) is 2.45. The number of methoxy groups -OCH3 is 1. The van der Waals surface area contributed by atoms with Crippen LogP contribution in [0.4, 0.5) is 0 Å². The van der Waals surface area contributed by atoms with E-state index in [4.69, 9.17) is 10.5 Å². The van der Waals surface area contributed by atoms with Gasteiger partial charge < -0.3 is 15.4 Å². The Morgan fingerprint density at radius 1 is 1.58 bits per heavy atom. The molecule has 0 aliphatic carbocycles. The summed E-state index contributed by atoms with van der Waals surface area (Å²) in [5, 5.41) is 0. The average molecular weight is 172 g/mol. The molecule has 1 rings (SSSR count). The van der Waals surface area contributed by atoms with E-state index in [0.29, 0.717) is 0 Å². The highest BCUT2D eigenvalue weighted by Gasteiger charge is 2.17. The largest absolute Gasteiger partial charge is 0.383 e. The molecule has 1 aliphatic rings. The van der Waals surface area contributed by atoms with Crippen molar-refractivity contribution in [3.05, 3.63) is 0 Å². The van der Waals surface area contributed by atoms with E-state index in [9.17, 15) is 0 Å². The number of hydrogen-bond donors (Lipinski definition) is 1. The zero-order valence-electron chi connectivity index (χ0n) is 7.96. The molecule has 2 N–H and O–H groups in total. The van der Waals surface area contributed by atoms with Crippen LogP contribution in [-0.4, -0.2) is 44.8 Å². The monoisotopic (exact) mass is 172 g/mol. The minimum absolute atomic E-state index is 0.718. The highest BCUT2D eigenvalue weighted by Crippen LogP contribution is 2.14. The second kappa shape index (κ2) is 5.51. The summed E-state index contributed by atoms with van der Waals surface area (Å²) in [5.41, 5.74) is 5.64. The molecule has 0 aromatic rings. The molecule has 1 aliphatic heterocycles. The molecule has 1 atom stereocenters. The lowest BCUT2D eigenvalue weighted by Gasteiger charge is -2.31. The van der Waals surface area contributed by atoms with E-state index in [2.05, 4.69) is 4.90 Å². The first-order chi connectivity index (χ1) is 5.86. The Labute approximate surface area is 74.9 Å². The number of ether oxygens (including phenoxy) is 1. The normalized spacial score (nSPS) is 26.0. The van der Waals surface area contributed by atoms with Crippen molar-refractivity contribution in [3.63, 3.8) is 0 Å². The van der Waals surface area contributed by atoms with Gasteiger partial charge in [0.15, 0.2) is 0 Å². The fourth-order valence-corrected chi connectivity index (χ4v) is 1.77. The van der Waals surface area contributed by atoms with Gasteiger partial charge in [-0.2, -0.15) is 0 Å². The van der Waals surface area contributed by atoms with Crippen LogP contribution in [0.5, 0.6) is 0 Å². The third kappa shape index (κ3) is 3.09. The summed E-state index contributed by atoms with van der Waals surface area (Å²) in [6.07, 6.45) is 2.60. The topological polar surface area (TPSA) is 38.5 Å². The van der Waals surface area contributed by atoms with Crippen LogP contribution < -0.4 is 5.73 Å². The van der Waals surface area contributed by atoms with Crippen molar-refractivity contribution in [2.75, 3.05) is 39.9 Å². The molecule has 0 aromatic heterocycles. The molecular weight excluding hydrogens is 152 g/mol. The number of rotatable bonds is 4. The third-order valence-electron chi connectivity index (χ3n) is 2.55. The van der Waals surface area contributed by atoms with Crippen LogP contribution in [0.2, 0.25) is 0 Å². The van der Waals surface area contributed by atoms with Crippen molar-refractivity contribution < 1.29 is 4.74 Å². The van der Waals surface area contributed by atoms with Gasteiger partial charge in [0, 0.05) is 20.2 Å². The smallest absolute Gasteiger partial charge is 0.0589 e. The predicted octanol–water partition coefficient (Wildman–Crippen LogP) is 0.304. The molecule has 1 saturated heterocycles. The number of piperidine rings is 1. The van der Waals surface area contributed by atoms with Gasteiger partial charge in [0.25, 0.3) is 0 Å². The van der Waals surface area contributed by atoms with Crippen molar-refractivity contribution in [2.24, 2.45) is 11.7 Å². The van der Waals surface area contributed by atoms with Gasteiger partial charge in [-0.1, -0.05) is 0 Å². The maximum absolute atomic E-state index is 5.64. The molecule has 0 bridgehead atoms. The summed E-state index contributed by atoms with van der Waals surface area (Å²) in [6, 6.07) is 0. The van der Waals surface area contributed by atoms with Gasteiger partial charge in [-0.3, -0.25) is 0 Å². The molecule has 0 aromatic carbocycles. The second-order valence-corrected chi connectivity index (χ2v) is 3.54. The number of nitrogens with two attached hydrogens (primary N) is 1. The first kappa shape index (κ1) is 9.96. The summed E-state index contributed by atoms with van der Waals surface area (Å²) in [6.45, 7) is 5.13. The minimum atomic E-state index is 0.718. The van der Waals surface area contributed by atoms with E-state index in [0.717, 1.165) is 25.6 Å². The molecule has 3 nitrogen and oxygen atoms in total. The molecule has 0 spiro atoms. The Balaban J connectivity index is 2.16. The summed E-state index contributed by atoms with van der Waals surface area (Å²) in [7, 11) is 1.75. The summed E-state index contributed by atoms with van der Waals surface area (Å²) in [5.74, 6) is 0.718. The highest BCUT2D eigenvalue weighted by atomic mass is 16.5. The lowest BCUT2D eigenvalue weighted by molar-refractivity contribution is 0.116. The standard InChI is InChI=1S/C9H20N2O/c1-12-6-5-11-4-2-3-9(7-10)8-11/h9H,2-8,10H2,1H3/t9-/m1/s1. The van der Waals surface area contributed by atoms with E-state index in [1.54, 1.807) is 7.11 Å². The van der Waals surface area contributed by atoms with Crippen molar-refractivity contribution >= 4 is 0 Å². The van der Waals surface area contributed by atoms with E-state index >= 15 is 0 Å². The molecule has 3 heteroatoms. The van der Waals surface area contributed by atoms with Crippen LogP contribution in [0.1, 0.15) is 12.8 Å². The first-order valence-electron chi connectivity index (χ1n) is 4.78. The quantitative estimate of drug-likeness (QED) is 0.663. The highest BCUT2D eigenvalue weighted by molar-refractivity contribution is 4.72. The second-order valence-electron chi connectivity index (χ2n) is 3.54. The van der Waals surface area contributed by atoms with E-state index in [-0.39, 0.29) is 0 Å². The van der Waals surface area contributed by atoms with Crippen LogP contribution in [0.15, 0.2) is 0 Å². The molecule has 0 saturated carbocycles.